The molecule has 0 heterocycles. The number of carbonyl (C=O) groups excluding carboxylic acids is 3. The minimum atomic E-state index is -1.04. The van der Waals surface area contributed by atoms with Crippen LogP contribution in [0.15, 0.2) is 82.4 Å². The second-order valence-electron chi connectivity index (χ2n) is 6.60. The zero-order valence-corrected chi connectivity index (χ0v) is 20.4. The predicted octanol–water partition coefficient (Wildman–Crippen LogP) is 5.46. The van der Waals surface area contributed by atoms with E-state index in [4.69, 9.17) is 27.9 Å². The largest absolute Gasteiger partial charge is 0.423 e. The lowest BCUT2D eigenvalue weighted by molar-refractivity contribution is -0.136. The van der Waals surface area contributed by atoms with Crippen LogP contribution < -0.4 is 15.5 Å². The molecule has 3 aromatic carbocycles. The van der Waals surface area contributed by atoms with Gasteiger partial charge in [0.2, 0.25) is 0 Å². The Morgan fingerprint density at radius 3 is 2.47 bits per heavy atom. The number of ether oxygens (including phenoxy) is 1. The van der Waals surface area contributed by atoms with E-state index >= 15 is 0 Å². The van der Waals surface area contributed by atoms with Crippen LogP contribution in [-0.2, 0) is 14.4 Å². The Labute approximate surface area is 213 Å². The lowest BCUT2D eigenvalue weighted by atomic mass is 10.2. The van der Waals surface area contributed by atoms with Crippen molar-refractivity contribution < 1.29 is 19.1 Å². The van der Waals surface area contributed by atoms with E-state index in [1.54, 1.807) is 36.4 Å². The van der Waals surface area contributed by atoms with Gasteiger partial charge in [-0.25, -0.2) is 10.2 Å². The van der Waals surface area contributed by atoms with Crippen LogP contribution in [0, 0.1) is 0 Å². The van der Waals surface area contributed by atoms with Crippen molar-refractivity contribution in [1.29, 1.82) is 0 Å². The fourth-order valence-corrected chi connectivity index (χ4v) is 3.30. The number of nitrogens with one attached hydrogen (secondary N) is 2. The Bertz CT molecular complexity index is 1280. The van der Waals surface area contributed by atoms with Gasteiger partial charge in [-0.1, -0.05) is 75.5 Å². The summed E-state index contributed by atoms with van der Waals surface area (Å²) in [5.41, 5.74) is 3.52. The Balaban J connectivity index is 1.63. The third kappa shape index (κ3) is 7.28. The number of hydrogen-bond acceptors (Lipinski definition) is 5. The summed E-state index contributed by atoms with van der Waals surface area (Å²) >= 11 is 15.2. The number of hydrogen-bond donors (Lipinski definition) is 2. The predicted molar refractivity (Wildman–Crippen MR) is 136 cm³/mol. The molecule has 0 saturated carbocycles. The van der Waals surface area contributed by atoms with E-state index in [9.17, 15) is 14.4 Å². The molecule has 172 valence electrons. The zero-order chi connectivity index (χ0) is 24.5. The SMILES string of the molecule is O=C(/C=C/c1ccccc1)Oc1ccc(Br)cc1/C=N/NC(=O)C(=O)Nc1cccc(Cl)c1Cl. The van der Waals surface area contributed by atoms with Crippen molar-refractivity contribution in [3.63, 3.8) is 0 Å². The number of halogens is 3. The number of anilines is 1. The molecule has 0 aliphatic heterocycles. The van der Waals surface area contributed by atoms with Gasteiger partial charge in [0.1, 0.15) is 5.75 Å². The summed E-state index contributed by atoms with van der Waals surface area (Å²) in [6.45, 7) is 0. The smallest absolute Gasteiger partial charge is 0.336 e. The molecule has 0 spiro atoms. The summed E-state index contributed by atoms with van der Waals surface area (Å²) < 4.78 is 6.06. The second-order valence-corrected chi connectivity index (χ2v) is 8.30. The first-order valence-electron chi connectivity index (χ1n) is 9.66. The molecule has 0 aromatic heterocycles. The summed E-state index contributed by atoms with van der Waals surface area (Å²) in [5, 5.41) is 6.46. The zero-order valence-electron chi connectivity index (χ0n) is 17.3. The molecule has 7 nitrogen and oxygen atoms in total. The highest BCUT2D eigenvalue weighted by atomic mass is 79.9. The lowest BCUT2D eigenvalue weighted by Crippen LogP contribution is -2.32. The molecule has 3 aromatic rings. The Hall–Kier alpha value is -3.46. The third-order valence-corrected chi connectivity index (χ3v) is 5.48. The van der Waals surface area contributed by atoms with Crippen molar-refractivity contribution >= 4 is 74.9 Å². The van der Waals surface area contributed by atoms with Crippen LogP contribution in [0.5, 0.6) is 5.75 Å². The first kappa shape index (κ1) is 25.2. The molecule has 10 heteroatoms. The molecular weight excluding hydrogens is 545 g/mol. The van der Waals surface area contributed by atoms with Crippen LogP contribution in [0.2, 0.25) is 10.0 Å². The summed E-state index contributed by atoms with van der Waals surface area (Å²) in [5.74, 6) is -2.42. The van der Waals surface area contributed by atoms with E-state index in [-0.39, 0.29) is 21.5 Å². The Morgan fingerprint density at radius 1 is 0.941 bits per heavy atom. The van der Waals surface area contributed by atoms with Crippen LogP contribution in [0.25, 0.3) is 6.08 Å². The summed E-state index contributed by atoms with van der Waals surface area (Å²) in [6.07, 6.45) is 4.16. The van der Waals surface area contributed by atoms with Crippen molar-refractivity contribution in [2.24, 2.45) is 5.10 Å². The van der Waals surface area contributed by atoms with Gasteiger partial charge in [0.05, 0.1) is 21.9 Å². The van der Waals surface area contributed by atoms with Crippen LogP contribution in [0.3, 0.4) is 0 Å². The van der Waals surface area contributed by atoms with Gasteiger partial charge in [-0.3, -0.25) is 9.59 Å². The molecule has 0 saturated heterocycles. The first-order valence-corrected chi connectivity index (χ1v) is 11.2. The lowest BCUT2D eigenvalue weighted by Gasteiger charge is -2.07. The fourth-order valence-electron chi connectivity index (χ4n) is 2.57. The maximum absolute atomic E-state index is 12.2. The maximum atomic E-state index is 12.2. The molecular formula is C24H16BrCl2N3O4. The van der Waals surface area contributed by atoms with Crippen molar-refractivity contribution in [2.75, 3.05) is 5.32 Å². The number of hydrazone groups is 1. The molecule has 2 amide bonds. The molecule has 0 aliphatic rings. The van der Waals surface area contributed by atoms with E-state index in [0.717, 1.165) is 5.56 Å². The number of nitrogens with zero attached hydrogens (tertiary/aromatic N) is 1. The minimum absolute atomic E-state index is 0.107. The topological polar surface area (TPSA) is 96.9 Å². The molecule has 0 unspecified atom stereocenters. The molecule has 0 aliphatic carbocycles. The number of rotatable bonds is 6. The standard InChI is InChI=1S/C24H16BrCl2N3O4/c25-17-10-11-20(34-21(31)12-9-15-5-2-1-3-6-15)16(13-17)14-28-30-24(33)23(32)29-19-8-4-7-18(26)22(19)27/h1-14H,(H,29,32)(H,30,33)/b12-9+,28-14+. The quantitative estimate of drug-likeness (QED) is 0.104. The van der Waals surface area contributed by atoms with E-state index in [0.29, 0.717) is 10.0 Å². The molecule has 34 heavy (non-hydrogen) atoms. The molecule has 0 radical (unpaired) electrons. The van der Waals surface area contributed by atoms with Gasteiger partial charge in [-0.2, -0.15) is 5.10 Å². The minimum Gasteiger partial charge on any atom is -0.423 e. The average molecular weight is 561 g/mol. The maximum Gasteiger partial charge on any atom is 0.336 e. The fraction of sp³-hybridized carbons (Fsp3) is 0. The monoisotopic (exact) mass is 559 g/mol. The van der Waals surface area contributed by atoms with Crippen LogP contribution in [-0.4, -0.2) is 24.0 Å². The molecule has 3 rings (SSSR count). The summed E-state index contributed by atoms with van der Waals surface area (Å²) in [6, 6.07) is 18.8. The average Bonchev–Trinajstić information content (AvgIpc) is 2.83. The van der Waals surface area contributed by atoms with Gasteiger partial charge in [0.15, 0.2) is 0 Å². The molecule has 0 bridgehead atoms. The van der Waals surface area contributed by atoms with E-state index < -0.39 is 17.8 Å². The molecule has 2 N–H and O–H groups in total. The van der Waals surface area contributed by atoms with Gasteiger partial charge >= 0.3 is 17.8 Å². The van der Waals surface area contributed by atoms with E-state index in [1.165, 1.54) is 18.4 Å². The summed E-state index contributed by atoms with van der Waals surface area (Å²) in [7, 11) is 0. The van der Waals surface area contributed by atoms with Crippen LogP contribution >= 0.6 is 39.1 Å². The molecule has 0 atom stereocenters. The van der Waals surface area contributed by atoms with E-state index in [2.05, 4.69) is 31.8 Å². The second kappa shape index (κ2) is 12.1. The van der Waals surface area contributed by atoms with Crippen molar-refractivity contribution in [2.45, 2.75) is 0 Å². The number of carbonyl (C=O) groups is 3. The Morgan fingerprint density at radius 2 is 1.71 bits per heavy atom. The number of amides is 2. The van der Waals surface area contributed by atoms with Crippen LogP contribution in [0.1, 0.15) is 11.1 Å². The van der Waals surface area contributed by atoms with Gasteiger partial charge < -0.3 is 10.1 Å². The van der Waals surface area contributed by atoms with E-state index in [1.807, 2.05) is 30.3 Å². The highest BCUT2D eigenvalue weighted by Gasteiger charge is 2.15. The van der Waals surface area contributed by atoms with Crippen LogP contribution in [0.4, 0.5) is 5.69 Å². The van der Waals surface area contributed by atoms with Crippen molar-refractivity contribution in [3.8, 4) is 5.75 Å². The first-order chi connectivity index (χ1) is 16.3. The number of benzene rings is 3. The third-order valence-electron chi connectivity index (χ3n) is 4.17. The Kier molecular flexibility index (Phi) is 8.98. The summed E-state index contributed by atoms with van der Waals surface area (Å²) in [4.78, 5) is 36.4. The van der Waals surface area contributed by atoms with Gasteiger partial charge in [0.25, 0.3) is 0 Å². The van der Waals surface area contributed by atoms with Gasteiger partial charge in [0, 0.05) is 16.1 Å². The van der Waals surface area contributed by atoms with Crippen molar-refractivity contribution in [3.05, 3.63) is 98.5 Å². The van der Waals surface area contributed by atoms with Crippen molar-refractivity contribution in [1.82, 2.24) is 5.43 Å². The highest BCUT2D eigenvalue weighted by Crippen LogP contribution is 2.29. The van der Waals surface area contributed by atoms with Gasteiger partial charge in [-0.05, 0) is 42.0 Å². The number of esters is 1. The van der Waals surface area contributed by atoms with Gasteiger partial charge in [-0.15, -0.1) is 0 Å². The normalized spacial score (nSPS) is 10.9. The molecule has 0 fully saturated rings. The highest BCUT2D eigenvalue weighted by molar-refractivity contribution is 9.10.